The molecule has 1 aliphatic carbocycles. The molecular formula is C13H15N3O2. The monoisotopic (exact) mass is 245 g/mol. The number of imide groups is 1. The van der Waals surface area contributed by atoms with E-state index in [1.165, 1.54) is 4.90 Å². The van der Waals surface area contributed by atoms with E-state index in [-0.39, 0.29) is 11.9 Å². The summed E-state index contributed by atoms with van der Waals surface area (Å²) in [5, 5.41) is 2.39. The molecule has 0 aromatic heterocycles. The Morgan fingerprint density at radius 3 is 2.67 bits per heavy atom. The first-order valence-corrected chi connectivity index (χ1v) is 5.92. The largest absolute Gasteiger partial charge is 0.399 e. The Bertz CT molecular complexity index is 582. The van der Waals surface area contributed by atoms with Gasteiger partial charge in [-0.2, -0.15) is 0 Å². The van der Waals surface area contributed by atoms with Crippen LogP contribution in [0.25, 0.3) is 0 Å². The Hall–Kier alpha value is -2.04. The molecular weight excluding hydrogens is 230 g/mol. The molecule has 5 nitrogen and oxygen atoms in total. The van der Waals surface area contributed by atoms with E-state index < -0.39 is 5.54 Å². The number of benzene rings is 1. The minimum Gasteiger partial charge on any atom is -0.399 e. The summed E-state index contributed by atoms with van der Waals surface area (Å²) in [6.45, 7) is 1.96. The summed E-state index contributed by atoms with van der Waals surface area (Å²) in [7, 11) is 1.67. The summed E-state index contributed by atoms with van der Waals surface area (Å²) in [5.41, 5.74) is 9.11. The molecule has 2 aliphatic rings. The van der Waals surface area contributed by atoms with Crippen LogP contribution in [-0.4, -0.2) is 29.4 Å². The van der Waals surface area contributed by atoms with Crippen molar-refractivity contribution in [3.8, 4) is 0 Å². The van der Waals surface area contributed by atoms with Crippen LogP contribution in [0.4, 0.5) is 10.5 Å². The van der Waals surface area contributed by atoms with E-state index in [4.69, 9.17) is 5.73 Å². The quantitative estimate of drug-likeness (QED) is 0.519. The second-order valence-corrected chi connectivity index (χ2v) is 5.12. The number of fused-ring (bicyclic) bond motifs is 1. The zero-order chi connectivity index (χ0) is 13.1. The zero-order valence-electron chi connectivity index (χ0n) is 10.4. The molecule has 1 aromatic carbocycles. The van der Waals surface area contributed by atoms with Crippen molar-refractivity contribution in [1.82, 2.24) is 10.2 Å². The van der Waals surface area contributed by atoms with Crippen molar-refractivity contribution < 1.29 is 9.59 Å². The number of nitrogens with zero attached hydrogens (tertiary/aromatic N) is 1. The SMILES string of the molecule is Cc1c(N)ccc2c1C[C@]1(C2)C(=O)NC(=O)N1C. The van der Waals surface area contributed by atoms with Crippen LogP contribution in [0, 0.1) is 6.92 Å². The van der Waals surface area contributed by atoms with Crippen LogP contribution in [-0.2, 0) is 17.6 Å². The number of nitrogens with two attached hydrogens (primary N) is 1. The summed E-state index contributed by atoms with van der Waals surface area (Å²) in [6, 6.07) is 3.50. The van der Waals surface area contributed by atoms with Crippen molar-refractivity contribution in [3.05, 3.63) is 28.8 Å². The Labute approximate surface area is 105 Å². The highest BCUT2D eigenvalue weighted by atomic mass is 16.2. The van der Waals surface area contributed by atoms with Crippen LogP contribution in [0.2, 0.25) is 0 Å². The minimum atomic E-state index is -0.752. The van der Waals surface area contributed by atoms with Gasteiger partial charge in [-0.25, -0.2) is 4.79 Å². The number of hydrogen-bond acceptors (Lipinski definition) is 3. The Morgan fingerprint density at radius 1 is 1.33 bits per heavy atom. The molecule has 3 amide bonds. The fourth-order valence-corrected chi connectivity index (χ4v) is 2.95. The van der Waals surface area contributed by atoms with Crippen LogP contribution in [0.5, 0.6) is 0 Å². The van der Waals surface area contributed by atoms with Gasteiger partial charge >= 0.3 is 6.03 Å². The molecule has 1 saturated heterocycles. The van der Waals surface area contributed by atoms with Gasteiger partial charge < -0.3 is 10.6 Å². The van der Waals surface area contributed by atoms with Gasteiger partial charge in [0.15, 0.2) is 0 Å². The lowest BCUT2D eigenvalue weighted by Crippen LogP contribution is -2.48. The average molecular weight is 245 g/mol. The van der Waals surface area contributed by atoms with Gasteiger partial charge in [-0.1, -0.05) is 6.07 Å². The number of anilines is 1. The maximum absolute atomic E-state index is 12.1. The van der Waals surface area contributed by atoms with Gasteiger partial charge in [-0.15, -0.1) is 0 Å². The highest BCUT2D eigenvalue weighted by molar-refractivity contribution is 6.07. The molecule has 1 aliphatic heterocycles. The summed E-state index contributed by atoms with van der Waals surface area (Å²) >= 11 is 0. The number of nitrogen functional groups attached to an aromatic ring is 1. The van der Waals surface area contributed by atoms with Gasteiger partial charge in [0.1, 0.15) is 5.54 Å². The van der Waals surface area contributed by atoms with Crippen molar-refractivity contribution in [1.29, 1.82) is 0 Å². The number of likely N-dealkylation sites (N-methyl/N-ethyl adjacent to an activating group) is 1. The fraction of sp³-hybridized carbons (Fsp3) is 0.385. The third-order valence-corrected chi connectivity index (χ3v) is 4.28. The molecule has 3 N–H and O–H groups in total. The van der Waals surface area contributed by atoms with Gasteiger partial charge in [-0.05, 0) is 29.7 Å². The lowest BCUT2D eigenvalue weighted by atomic mass is 9.94. The maximum Gasteiger partial charge on any atom is 0.324 e. The maximum atomic E-state index is 12.1. The van der Waals surface area contributed by atoms with Crippen molar-refractivity contribution in [3.63, 3.8) is 0 Å². The molecule has 1 fully saturated rings. The molecule has 0 saturated carbocycles. The van der Waals surface area contributed by atoms with Gasteiger partial charge in [0.25, 0.3) is 5.91 Å². The fourth-order valence-electron chi connectivity index (χ4n) is 2.95. The molecule has 1 spiro atoms. The van der Waals surface area contributed by atoms with E-state index >= 15 is 0 Å². The van der Waals surface area contributed by atoms with E-state index in [1.807, 2.05) is 19.1 Å². The number of rotatable bonds is 0. The van der Waals surface area contributed by atoms with Crippen LogP contribution in [0.15, 0.2) is 12.1 Å². The third kappa shape index (κ3) is 1.16. The Balaban J connectivity index is 2.10. The number of carbonyl (C=O) groups is 2. The highest BCUT2D eigenvalue weighted by Crippen LogP contribution is 2.39. The number of nitrogens with one attached hydrogen (secondary N) is 1. The molecule has 5 heteroatoms. The van der Waals surface area contributed by atoms with Gasteiger partial charge in [0, 0.05) is 25.6 Å². The van der Waals surface area contributed by atoms with Gasteiger partial charge in [0.05, 0.1) is 0 Å². The molecule has 0 unspecified atom stereocenters. The van der Waals surface area contributed by atoms with E-state index in [0.29, 0.717) is 12.8 Å². The Kier molecular flexibility index (Phi) is 2.00. The lowest BCUT2D eigenvalue weighted by molar-refractivity contribution is -0.125. The second-order valence-electron chi connectivity index (χ2n) is 5.12. The number of urea groups is 1. The van der Waals surface area contributed by atoms with Crippen molar-refractivity contribution in [2.75, 3.05) is 12.8 Å². The van der Waals surface area contributed by atoms with Crippen LogP contribution in [0.1, 0.15) is 16.7 Å². The van der Waals surface area contributed by atoms with Gasteiger partial charge in [-0.3, -0.25) is 10.1 Å². The van der Waals surface area contributed by atoms with Crippen LogP contribution in [0.3, 0.4) is 0 Å². The summed E-state index contributed by atoms with van der Waals surface area (Å²) in [6.07, 6.45) is 1.12. The summed E-state index contributed by atoms with van der Waals surface area (Å²) in [5.74, 6) is -0.204. The van der Waals surface area contributed by atoms with E-state index in [1.54, 1.807) is 7.05 Å². The molecule has 1 aromatic rings. The van der Waals surface area contributed by atoms with Crippen molar-refractivity contribution in [2.45, 2.75) is 25.3 Å². The normalized spacial score (nSPS) is 25.8. The first-order valence-electron chi connectivity index (χ1n) is 5.92. The standard InChI is InChI=1S/C13H15N3O2/c1-7-9-6-13(5-8(9)3-4-10(7)14)11(17)15-12(18)16(13)2/h3-4H,5-6,14H2,1-2H3,(H,15,17,18)/t13-/m1/s1. The highest BCUT2D eigenvalue weighted by Gasteiger charge is 2.54. The van der Waals surface area contributed by atoms with Crippen molar-refractivity contribution >= 4 is 17.6 Å². The molecule has 0 radical (unpaired) electrons. The molecule has 18 heavy (non-hydrogen) atoms. The van der Waals surface area contributed by atoms with Crippen LogP contribution < -0.4 is 11.1 Å². The van der Waals surface area contributed by atoms with Gasteiger partial charge in [0.2, 0.25) is 0 Å². The topological polar surface area (TPSA) is 75.4 Å². The average Bonchev–Trinajstić information content (AvgIpc) is 2.82. The predicted octanol–water partition coefficient (Wildman–Crippen LogP) is 0.596. The molecule has 94 valence electrons. The molecule has 1 atom stereocenters. The molecule has 1 heterocycles. The lowest BCUT2D eigenvalue weighted by Gasteiger charge is -2.27. The zero-order valence-corrected chi connectivity index (χ0v) is 10.4. The number of hydrogen-bond donors (Lipinski definition) is 2. The predicted molar refractivity (Wildman–Crippen MR) is 67.0 cm³/mol. The first kappa shape index (κ1) is 11.1. The number of carbonyl (C=O) groups excluding carboxylic acids is 2. The van der Waals surface area contributed by atoms with Crippen molar-refractivity contribution in [2.24, 2.45) is 0 Å². The first-order chi connectivity index (χ1) is 8.45. The summed E-state index contributed by atoms with van der Waals surface area (Å²) < 4.78 is 0. The van der Waals surface area contributed by atoms with E-state index in [2.05, 4.69) is 5.32 Å². The molecule has 3 rings (SSSR count). The Morgan fingerprint density at radius 2 is 2.06 bits per heavy atom. The third-order valence-electron chi connectivity index (χ3n) is 4.28. The molecule has 0 bridgehead atoms. The second kappa shape index (κ2) is 3.25. The minimum absolute atomic E-state index is 0.204. The van der Waals surface area contributed by atoms with E-state index in [0.717, 1.165) is 22.4 Å². The smallest absolute Gasteiger partial charge is 0.324 e. The van der Waals surface area contributed by atoms with E-state index in [9.17, 15) is 9.59 Å². The number of amides is 3. The summed E-state index contributed by atoms with van der Waals surface area (Å²) in [4.78, 5) is 25.2. The van der Waals surface area contributed by atoms with Crippen LogP contribution >= 0.6 is 0 Å².